The van der Waals surface area contributed by atoms with Crippen molar-refractivity contribution in [2.75, 3.05) is 5.32 Å². The SMILES string of the molecule is CC1(C)CC1C(=O)Nc1ccc(C(=O)c2ccccc2)cc1[N+](=O)[O-]. The van der Waals surface area contributed by atoms with E-state index < -0.39 is 4.92 Å². The first kappa shape index (κ1) is 16.8. The van der Waals surface area contributed by atoms with Crippen molar-refractivity contribution in [2.45, 2.75) is 20.3 Å². The molecule has 1 N–H and O–H groups in total. The second-order valence-corrected chi connectivity index (χ2v) is 6.92. The van der Waals surface area contributed by atoms with Crippen LogP contribution < -0.4 is 5.32 Å². The average Bonchev–Trinajstić information content (AvgIpc) is 3.24. The summed E-state index contributed by atoms with van der Waals surface area (Å²) in [5.41, 5.74) is 0.425. The van der Waals surface area contributed by atoms with Crippen molar-refractivity contribution < 1.29 is 14.5 Å². The molecule has 1 amide bonds. The van der Waals surface area contributed by atoms with Gasteiger partial charge in [-0.3, -0.25) is 19.7 Å². The Morgan fingerprint density at radius 1 is 1.12 bits per heavy atom. The lowest BCUT2D eigenvalue weighted by molar-refractivity contribution is -0.384. The quantitative estimate of drug-likeness (QED) is 0.510. The van der Waals surface area contributed by atoms with Crippen LogP contribution >= 0.6 is 0 Å². The highest BCUT2D eigenvalue weighted by atomic mass is 16.6. The van der Waals surface area contributed by atoms with E-state index in [2.05, 4.69) is 5.32 Å². The summed E-state index contributed by atoms with van der Waals surface area (Å²) in [7, 11) is 0. The van der Waals surface area contributed by atoms with Gasteiger partial charge < -0.3 is 5.32 Å². The Balaban J connectivity index is 1.87. The number of benzene rings is 2. The fourth-order valence-corrected chi connectivity index (χ4v) is 2.82. The molecule has 1 aliphatic rings. The molecule has 1 atom stereocenters. The fraction of sp³-hybridized carbons (Fsp3) is 0.263. The minimum atomic E-state index is -0.588. The van der Waals surface area contributed by atoms with Gasteiger partial charge in [0.05, 0.1) is 4.92 Å². The Labute approximate surface area is 145 Å². The zero-order valence-corrected chi connectivity index (χ0v) is 14.0. The van der Waals surface area contributed by atoms with Gasteiger partial charge in [-0.15, -0.1) is 0 Å². The molecule has 6 heteroatoms. The first-order chi connectivity index (χ1) is 11.8. The van der Waals surface area contributed by atoms with E-state index in [0.29, 0.717) is 5.56 Å². The fourth-order valence-electron chi connectivity index (χ4n) is 2.82. The molecule has 3 rings (SSSR count). The molecule has 1 aliphatic carbocycles. The number of carbonyl (C=O) groups is 2. The van der Waals surface area contributed by atoms with Crippen LogP contribution in [0.15, 0.2) is 48.5 Å². The second kappa shape index (κ2) is 6.12. The second-order valence-electron chi connectivity index (χ2n) is 6.92. The number of nitrogens with zero attached hydrogens (tertiary/aromatic N) is 1. The summed E-state index contributed by atoms with van der Waals surface area (Å²) in [5, 5.41) is 14.0. The maximum atomic E-state index is 12.4. The maximum Gasteiger partial charge on any atom is 0.293 e. The maximum absolute atomic E-state index is 12.4. The van der Waals surface area contributed by atoms with Gasteiger partial charge in [-0.05, 0) is 24.0 Å². The molecule has 0 saturated heterocycles. The van der Waals surface area contributed by atoms with Crippen LogP contribution in [0, 0.1) is 21.4 Å². The molecule has 6 nitrogen and oxygen atoms in total. The molecule has 0 aliphatic heterocycles. The summed E-state index contributed by atoms with van der Waals surface area (Å²) in [6.45, 7) is 3.96. The summed E-state index contributed by atoms with van der Waals surface area (Å²) < 4.78 is 0. The third-order valence-electron chi connectivity index (χ3n) is 4.58. The number of ketones is 1. The van der Waals surface area contributed by atoms with Crippen LogP contribution in [0.1, 0.15) is 36.2 Å². The Morgan fingerprint density at radius 2 is 1.76 bits per heavy atom. The lowest BCUT2D eigenvalue weighted by Crippen LogP contribution is -2.17. The van der Waals surface area contributed by atoms with E-state index in [-0.39, 0.29) is 40.0 Å². The number of anilines is 1. The van der Waals surface area contributed by atoms with E-state index in [1.165, 1.54) is 18.2 Å². The topological polar surface area (TPSA) is 89.3 Å². The van der Waals surface area contributed by atoms with Crippen molar-refractivity contribution in [1.82, 2.24) is 0 Å². The summed E-state index contributed by atoms with van der Waals surface area (Å²) in [5.74, 6) is -0.669. The normalized spacial score (nSPS) is 17.6. The molecule has 1 saturated carbocycles. The smallest absolute Gasteiger partial charge is 0.293 e. The molecule has 1 fully saturated rings. The van der Waals surface area contributed by atoms with Gasteiger partial charge in [0.25, 0.3) is 5.69 Å². The summed E-state index contributed by atoms with van der Waals surface area (Å²) >= 11 is 0. The summed E-state index contributed by atoms with van der Waals surface area (Å²) in [6.07, 6.45) is 0.761. The lowest BCUT2D eigenvalue weighted by atomic mass is 10.0. The highest BCUT2D eigenvalue weighted by Crippen LogP contribution is 2.52. The first-order valence-electron chi connectivity index (χ1n) is 7.98. The molecule has 0 aromatic heterocycles. The molecule has 0 radical (unpaired) electrons. The number of hydrogen-bond donors (Lipinski definition) is 1. The summed E-state index contributed by atoms with van der Waals surface area (Å²) in [4.78, 5) is 35.4. The predicted octanol–water partition coefficient (Wildman–Crippen LogP) is 3.81. The van der Waals surface area contributed by atoms with E-state index in [4.69, 9.17) is 0 Å². The lowest BCUT2D eigenvalue weighted by Gasteiger charge is -2.09. The predicted molar refractivity (Wildman–Crippen MR) is 93.5 cm³/mol. The van der Waals surface area contributed by atoms with E-state index >= 15 is 0 Å². The van der Waals surface area contributed by atoms with Crippen LogP contribution in [0.3, 0.4) is 0 Å². The van der Waals surface area contributed by atoms with Crippen LogP contribution in [-0.4, -0.2) is 16.6 Å². The Bertz CT molecular complexity index is 859. The molecule has 0 spiro atoms. The van der Waals surface area contributed by atoms with Crippen molar-refractivity contribution in [3.8, 4) is 0 Å². The van der Waals surface area contributed by atoms with E-state index in [1.807, 2.05) is 13.8 Å². The van der Waals surface area contributed by atoms with Gasteiger partial charge in [0.2, 0.25) is 5.91 Å². The minimum Gasteiger partial charge on any atom is -0.320 e. The molecular formula is C19H18N2O4. The number of hydrogen-bond acceptors (Lipinski definition) is 4. The largest absolute Gasteiger partial charge is 0.320 e. The standard InChI is InChI=1S/C19H18N2O4/c1-19(2)11-14(19)18(23)20-15-9-8-13(10-16(15)21(24)25)17(22)12-6-4-3-5-7-12/h3-10,14H,11H2,1-2H3,(H,20,23). The average molecular weight is 338 g/mol. The van der Waals surface area contributed by atoms with Gasteiger partial charge in [0, 0.05) is 23.1 Å². The van der Waals surface area contributed by atoms with Gasteiger partial charge >= 0.3 is 0 Å². The number of nitro benzene ring substituents is 1. The number of amides is 1. The van der Waals surface area contributed by atoms with Crippen molar-refractivity contribution in [2.24, 2.45) is 11.3 Å². The Morgan fingerprint density at radius 3 is 2.32 bits per heavy atom. The number of nitrogens with one attached hydrogen (secondary N) is 1. The van der Waals surface area contributed by atoms with Gasteiger partial charge in [0.15, 0.2) is 5.78 Å². The number of nitro groups is 1. The molecule has 0 bridgehead atoms. The van der Waals surface area contributed by atoms with Crippen molar-refractivity contribution >= 4 is 23.1 Å². The van der Waals surface area contributed by atoms with Gasteiger partial charge in [-0.1, -0.05) is 44.2 Å². The third-order valence-corrected chi connectivity index (χ3v) is 4.58. The Kier molecular flexibility index (Phi) is 4.12. The number of carbonyl (C=O) groups excluding carboxylic acids is 2. The van der Waals surface area contributed by atoms with Gasteiger partial charge in [-0.25, -0.2) is 0 Å². The van der Waals surface area contributed by atoms with Crippen LogP contribution in [0.5, 0.6) is 0 Å². The molecule has 2 aromatic carbocycles. The molecular weight excluding hydrogens is 320 g/mol. The van der Waals surface area contributed by atoms with Crippen molar-refractivity contribution in [1.29, 1.82) is 0 Å². The zero-order chi connectivity index (χ0) is 18.2. The van der Waals surface area contributed by atoms with Crippen LogP contribution in [0.2, 0.25) is 0 Å². The van der Waals surface area contributed by atoms with E-state index in [9.17, 15) is 19.7 Å². The highest BCUT2D eigenvalue weighted by molar-refractivity contribution is 6.10. The summed E-state index contributed by atoms with van der Waals surface area (Å²) in [6, 6.07) is 12.7. The van der Waals surface area contributed by atoms with Gasteiger partial charge in [-0.2, -0.15) is 0 Å². The van der Waals surface area contributed by atoms with E-state index in [0.717, 1.165) is 6.42 Å². The molecule has 2 aromatic rings. The van der Waals surface area contributed by atoms with Crippen molar-refractivity contribution in [3.63, 3.8) is 0 Å². The van der Waals surface area contributed by atoms with Crippen LogP contribution in [0.4, 0.5) is 11.4 Å². The van der Waals surface area contributed by atoms with Crippen LogP contribution in [0.25, 0.3) is 0 Å². The third kappa shape index (κ3) is 3.42. The molecule has 1 unspecified atom stereocenters. The first-order valence-corrected chi connectivity index (χ1v) is 7.98. The van der Waals surface area contributed by atoms with Gasteiger partial charge in [0.1, 0.15) is 5.69 Å². The monoisotopic (exact) mass is 338 g/mol. The van der Waals surface area contributed by atoms with Crippen LogP contribution in [-0.2, 0) is 4.79 Å². The Hall–Kier alpha value is -3.02. The molecule has 128 valence electrons. The zero-order valence-electron chi connectivity index (χ0n) is 14.0. The van der Waals surface area contributed by atoms with Crippen molar-refractivity contribution in [3.05, 3.63) is 69.8 Å². The molecule has 0 heterocycles. The van der Waals surface area contributed by atoms with E-state index in [1.54, 1.807) is 30.3 Å². The highest BCUT2D eigenvalue weighted by Gasteiger charge is 2.50. The number of rotatable bonds is 5. The molecule has 25 heavy (non-hydrogen) atoms. The minimum absolute atomic E-state index is 0.0674.